The van der Waals surface area contributed by atoms with Crippen LogP contribution in [0.15, 0.2) is 40.5 Å². The van der Waals surface area contributed by atoms with E-state index < -0.39 is 29.5 Å². The summed E-state index contributed by atoms with van der Waals surface area (Å²) in [5, 5.41) is 0. The lowest BCUT2D eigenvalue weighted by molar-refractivity contribution is -0.146. The third-order valence-corrected chi connectivity index (χ3v) is 5.42. The van der Waals surface area contributed by atoms with Gasteiger partial charge in [0.15, 0.2) is 5.78 Å². The lowest BCUT2D eigenvalue weighted by atomic mass is 9.66. The van der Waals surface area contributed by atoms with E-state index >= 15 is 0 Å². The Bertz CT molecular complexity index is 912. The number of ether oxygens (including phenoxy) is 1. The summed E-state index contributed by atoms with van der Waals surface area (Å²) in [7, 11) is 0. The van der Waals surface area contributed by atoms with Gasteiger partial charge in [-0.2, -0.15) is 13.2 Å². The summed E-state index contributed by atoms with van der Waals surface area (Å²) in [6.45, 7) is 7.36. The molecule has 1 heterocycles. The molecule has 2 aliphatic rings. The number of nitrogens with zero attached hydrogens (tertiary/aromatic N) is 1. The van der Waals surface area contributed by atoms with E-state index in [0.29, 0.717) is 23.4 Å². The molecule has 0 saturated carbocycles. The van der Waals surface area contributed by atoms with Crippen LogP contribution in [0.25, 0.3) is 0 Å². The molecule has 0 fully saturated rings. The Morgan fingerprint density at radius 3 is 2.59 bits per heavy atom. The number of rotatable bonds is 3. The number of benzene rings is 1. The molecular weight excluding hydrogens is 383 g/mol. The Hall–Kier alpha value is -2.44. The molecule has 7 heteroatoms. The van der Waals surface area contributed by atoms with Crippen molar-refractivity contribution in [1.29, 1.82) is 0 Å². The highest BCUT2D eigenvalue weighted by atomic mass is 19.4. The summed E-state index contributed by atoms with van der Waals surface area (Å²) >= 11 is 0. The SMILES string of the molecule is CCOC(=O)C1C(C)=NC2=C(C(=O)CC(C)(C)C2)[C@H]1c1cccc(C(F)(F)F)c1. The van der Waals surface area contributed by atoms with Gasteiger partial charge in [-0.05, 0) is 37.3 Å². The fraction of sp³-hybridized carbons (Fsp3) is 0.500. The molecule has 4 nitrogen and oxygen atoms in total. The normalized spacial score (nSPS) is 24.1. The Labute approximate surface area is 167 Å². The van der Waals surface area contributed by atoms with Crippen molar-refractivity contribution in [2.75, 3.05) is 6.61 Å². The second-order valence-corrected chi connectivity index (χ2v) is 8.39. The Morgan fingerprint density at radius 1 is 1.28 bits per heavy atom. The molecule has 1 aromatic rings. The molecule has 29 heavy (non-hydrogen) atoms. The van der Waals surface area contributed by atoms with Crippen molar-refractivity contribution in [2.24, 2.45) is 16.3 Å². The van der Waals surface area contributed by atoms with Gasteiger partial charge in [-0.15, -0.1) is 0 Å². The van der Waals surface area contributed by atoms with Crippen LogP contribution in [0.3, 0.4) is 0 Å². The number of hydrogen-bond donors (Lipinski definition) is 0. The quantitative estimate of drug-likeness (QED) is 0.656. The van der Waals surface area contributed by atoms with Crippen LogP contribution in [0.5, 0.6) is 0 Å². The summed E-state index contributed by atoms with van der Waals surface area (Å²) in [6, 6.07) is 4.84. The lowest BCUT2D eigenvalue weighted by Crippen LogP contribution is -2.39. The topological polar surface area (TPSA) is 55.7 Å². The van der Waals surface area contributed by atoms with Gasteiger partial charge in [0, 0.05) is 29.3 Å². The number of hydrogen-bond acceptors (Lipinski definition) is 4. The molecule has 0 spiro atoms. The average molecular weight is 407 g/mol. The van der Waals surface area contributed by atoms with Crippen LogP contribution >= 0.6 is 0 Å². The largest absolute Gasteiger partial charge is 0.465 e. The number of esters is 1. The van der Waals surface area contributed by atoms with Gasteiger partial charge in [0.2, 0.25) is 0 Å². The van der Waals surface area contributed by atoms with Crippen LogP contribution in [0.1, 0.15) is 57.6 Å². The van der Waals surface area contributed by atoms with Crippen molar-refractivity contribution >= 4 is 17.5 Å². The molecule has 2 atom stereocenters. The van der Waals surface area contributed by atoms with E-state index in [9.17, 15) is 22.8 Å². The molecule has 0 saturated heterocycles. The van der Waals surface area contributed by atoms with Gasteiger partial charge < -0.3 is 4.74 Å². The number of Topliss-reactive ketones (excluding diaryl/α,β-unsaturated/α-hetero) is 1. The predicted octanol–water partition coefficient (Wildman–Crippen LogP) is 5.09. The molecule has 3 rings (SSSR count). The Kier molecular flexibility index (Phi) is 5.45. The number of allylic oxidation sites excluding steroid dienone is 2. The van der Waals surface area contributed by atoms with E-state index in [0.717, 1.165) is 12.1 Å². The lowest BCUT2D eigenvalue weighted by Gasteiger charge is -2.39. The summed E-state index contributed by atoms with van der Waals surface area (Å²) < 4.78 is 45.1. The fourth-order valence-corrected chi connectivity index (χ4v) is 4.25. The molecule has 0 aromatic heterocycles. The number of ketones is 1. The molecule has 1 aliphatic carbocycles. The van der Waals surface area contributed by atoms with Crippen LogP contribution in [0.2, 0.25) is 0 Å². The Balaban J connectivity index is 2.20. The van der Waals surface area contributed by atoms with Gasteiger partial charge in [0.05, 0.1) is 12.2 Å². The highest BCUT2D eigenvalue weighted by Gasteiger charge is 2.46. The predicted molar refractivity (Wildman–Crippen MR) is 102 cm³/mol. The number of halogens is 3. The zero-order chi connectivity index (χ0) is 21.6. The smallest absolute Gasteiger partial charge is 0.416 e. The molecular formula is C22H24F3NO3. The molecule has 0 N–H and O–H groups in total. The monoisotopic (exact) mass is 407 g/mol. The van der Waals surface area contributed by atoms with Crippen molar-refractivity contribution in [3.05, 3.63) is 46.7 Å². The van der Waals surface area contributed by atoms with Crippen molar-refractivity contribution in [3.8, 4) is 0 Å². The third-order valence-electron chi connectivity index (χ3n) is 5.42. The molecule has 0 radical (unpaired) electrons. The van der Waals surface area contributed by atoms with E-state index in [4.69, 9.17) is 4.74 Å². The number of aliphatic imine (C=N–C) groups is 1. The van der Waals surface area contributed by atoms with Crippen LogP contribution in [0, 0.1) is 11.3 Å². The first-order chi connectivity index (χ1) is 13.4. The first-order valence-corrected chi connectivity index (χ1v) is 9.60. The number of alkyl halides is 3. The highest BCUT2D eigenvalue weighted by molar-refractivity contribution is 6.09. The van der Waals surface area contributed by atoms with Crippen molar-refractivity contribution in [3.63, 3.8) is 0 Å². The van der Waals surface area contributed by atoms with Gasteiger partial charge in [-0.25, -0.2) is 0 Å². The van der Waals surface area contributed by atoms with Crippen molar-refractivity contribution in [1.82, 2.24) is 0 Å². The number of carbonyl (C=O) groups excluding carboxylic acids is 2. The minimum Gasteiger partial charge on any atom is -0.465 e. The Morgan fingerprint density at radius 2 is 1.97 bits per heavy atom. The van der Waals surface area contributed by atoms with E-state index in [1.807, 2.05) is 13.8 Å². The summed E-state index contributed by atoms with van der Waals surface area (Å²) in [6.07, 6.45) is -3.75. The van der Waals surface area contributed by atoms with Crippen molar-refractivity contribution < 1.29 is 27.5 Å². The zero-order valence-electron chi connectivity index (χ0n) is 16.9. The van der Waals surface area contributed by atoms with Gasteiger partial charge >= 0.3 is 12.1 Å². The van der Waals surface area contributed by atoms with Crippen LogP contribution in [-0.4, -0.2) is 24.1 Å². The van der Waals surface area contributed by atoms with Crippen LogP contribution in [-0.2, 0) is 20.5 Å². The maximum Gasteiger partial charge on any atom is 0.416 e. The summed E-state index contributed by atoms with van der Waals surface area (Å²) in [5.41, 5.74) is 0.514. The first-order valence-electron chi connectivity index (χ1n) is 9.60. The maximum atomic E-state index is 13.3. The number of carbonyl (C=O) groups is 2. The first kappa shape index (κ1) is 21.3. The molecule has 156 valence electrons. The summed E-state index contributed by atoms with van der Waals surface area (Å²) in [5.74, 6) is -2.53. The van der Waals surface area contributed by atoms with E-state index in [1.165, 1.54) is 12.1 Å². The third kappa shape index (κ3) is 4.14. The van der Waals surface area contributed by atoms with E-state index in [2.05, 4.69) is 4.99 Å². The molecule has 0 amide bonds. The standard InChI is InChI=1S/C22H24F3NO3/c1-5-29-20(28)17-12(2)26-15-10-21(3,4)11-16(27)19(15)18(17)13-7-6-8-14(9-13)22(23,24)25/h6-9,17-18H,5,10-11H2,1-4H3/t17?,18-/m0/s1. The second-order valence-electron chi connectivity index (χ2n) is 8.39. The summed E-state index contributed by atoms with van der Waals surface area (Å²) in [4.78, 5) is 30.3. The van der Waals surface area contributed by atoms with Gasteiger partial charge in [-0.3, -0.25) is 14.6 Å². The molecule has 1 aromatic carbocycles. The fourth-order valence-electron chi connectivity index (χ4n) is 4.25. The minimum absolute atomic E-state index is 0.130. The van der Waals surface area contributed by atoms with Crippen LogP contribution in [0.4, 0.5) is 13.2 Å². The average Bonchev–Trinajstić information content (AvgIpc) is 2.59. The molecule has 1 unspecified atom stereocenters. The maximum absolute atomic E-state index is 13.3. The van der Waals surface area contributed by atoms with Crippen LogP contribution < -0.4 is 0 Å². The van der Waals surface area contributed by atoms with Crippen molar-refractivity contribution in [2.45, 2.75) is 52.6 Å². The minimum atomic E-state index is -4.52. The molecule has 1 aliphatic heterocycles. The van der Waals surface area contributed by atoms with Gasteiger partial charge in [0.1, 0.15) is 5.92 Å². The van der Waals surface area contributed by atoms with Gasteiger partial charge in [-0.1, -0.05) is 32.0 Å². The van der Waals surface area contributed by atoms with E-state index in [-0.39, 0.29) is 29.8 Å². The van der Waals surface area contributed by atoms with E-state index in [1.54, 1.807) is 13.8 Å². The zero-order valence-corrected chi connectivity index (χ0v) is 16.9. The van der Waals surface area contributed by atoms with Gasteiger partial charge in [0.25, 0.3) is 0 Å². The second kappa shape index (κ2) is 7.43. The highest BCUT2D eigenvalue weighted by Crippen LogP contribution is 2.48. The molecule has 0 bridgehead atoms.